The summed E-state index contributed by atoms with van der Waals surface area (Å²) in [4.78, 5) is 72.0. The van der Waals surface area contributed by atoms with Crippen molar-refractivity contribution in [1.82, 2.24) is 21.7 Å². The number of unbranched alkanes of at least 4 members (excludes halogenated alkanes) is 4. The Hall–Kier alpha value is -5.14. The van der Waals surface area contributed by atoms with Crippen molar-refractivity contribution in [3.05, 3.63) is 48.5 Å². The minimum atomic E-state index is -0.472. The fraction of sp³-hybridized carbons (Fsp3) is 0.455. The quantitative estimate of drug-likeness (QED) is 0.0920. The highest BCUT2D eigenvalue weighted by molar-refractivity contribution is 5.94. The molecule has 2 rings (SSSR count). The third kappa shape index (κ3) is 17.8. The lowest BCUT2D eigenvalue weighted by molar-refractivity contribution is -0.129. The molecule has 0 bridgehead atoms. The second-order valence-corrected chi connectivity index (χ2v) is 10.5. The molecule has 0 heterocycles. The molecule has 14 heteroatoms. The Bertz CT molecular complexity index is 1200. The normalized spacial score (nSPS) is 10.3. The number of carbonyl (C=O) groups excluding carboxylic acids is 6. The Balaban J connectivity index is 1.42. The van der Waals surface area contributed by atoms with Gasteiger partial charge in [0.2, 0.25) is 35.4 Å². The predicted octanol–water partition coefficient (Wildman–Crippen LogP) is 3.65. The number of rotatable bonds is 20. The van der Waals surface area contributed by atoms with E-state index < -0.39 is 11.8 Å². The van der Waals surface area contributed by atoms with E-state index in [0.29, 0.717) is 48.9 Å². The molecule has 14 nitrogen and oxygen atoms in total. The van der Waals surface area contributed by atoms with Crippen LogP contribution in [0.1, 0.15) is 84.5 Å². The van der Waals surface area contributed by atoms with Crippen molar-refractivity contribution in [3.63, 3.8) is 0 Å². The smallest absolute Gasteiger partial charge is 0.238 e. The lowest BCUT2D eigenvalue weighted by Crippen LogP contribution is -2.41. The van der Waals surface area contributed by atoms with Crippen LogP contribution in [0, 0.1) is 0 Å². The Morgan fingerprint density at radius 2 is 0.723 bits per heavy atom. The van der Waals surface area contributed by atoms with Crippen LogP contribution in [-0.4, -0.2) is 48.7 Å². The number of carbonyl (C=O) groups is 6. The summed E-state index contributed by atoms with van der Waals surface area (Å²) >= 11 is 0. The largest absolute Gasteiger partial charge is 0.494 e. The Kier molecular flexibility index (Phi) is 18.1. The summed E-state index contributed by atoms with van der Waals surface area (Å²) in [5, 5.41) is 5.40. The summed E-state index contributed by atoms with van der Waals surface area (Å²) in [6.07, 6.45) is 3.79. The fourth-order valence-corrected chi connectivity index (χ4v) is 4.13. The van der Waals surface area contributed by atoms with Gasteiger partial charge in [-0.15, -0.1) is 0 Å². The van der Waals surface area contributed by atoms with E-state index in [4.69, 9.17) is 9.47 Å². The van der Waals surface area contributed by atoms with E-state index in [2.05, 4.69) is 32.3 Å². The Labute approximate surface area is 275 Å². The van der Waals surface area contributed by atoms with Crippen LogP contribution in [0.15, 0.2) is 48.5 Å². The molecule has 0 spiro atoms. The average molecular weight is 655 g/mol. The SMILES string of the molecule is CCOc1ccc(NC(=O)CCC(=O)NNC(=O)CCCCCCCC(=O)NNC(=O)CCC(=O)Nc2ccc(OCC)cc2)cc1. The summed E-state index contributed by atoms with van der Waals surface area (Å²) in [6, 6.07) is 13.8. The van der Waals surface area contributed by atoms with Crippen molar-refractivity contribution in [3.8, 4) is 11.5 Å². The van der Waals surface area contributed by atoms with E-state index in [9.17, 15) is 28.8 Å². The molecule has 0 atom stereocenters. The van der Waals surface area contributed by atoms with Crippen molar-refractivity contribution in [2.45, 2.75) is 84.5 Å². The first-order valence-corrected chi connectivity index (χ1v) is 15.9. The fourth-order valence-electron chi connectivity index (χ4n) is 4.13. The van der Waals surface area contributed by atoms with Gasteiger partial charge in [-0.05, 0) is 75.2 Å². The summed E-state index contributed by atoms with van der Waals surface area (Å²) in [5.41, 5.74) is 10.5. The predicted molar refractivity (Wildman–Crippen MR) is 176 cm³/mol. The average Bonchev–Trinajstić information content (AvgIpc) is 3.06. The number of hydrogen-bond donors (Lipinski definition) is 6. The highest BCUT2D eigenvalue weighted by atomic mass is 16.5. The molecule has 0 aliphatic heterocycles. The first-order chi connectivity index (χ1) is 22.7. The van der Waals surface area contributed by atoms with Crippen LogP contribution < -0.4 is 41.8 Å². The monoisotopic (exact) mass is 654 g/mol. The maximum atomic E-state index is 12.1. The van der Waals surface area contributed by atoms with Crippen molar-refractivity contribution in [2.24, 2.45) is 0 Å². The van der Waals surface area contributed by atoms with Gasteiger partial charge in [-0.3, -0.25) is 50.5 Å². The second kappa shape index (κ2) is 22.4. The zero-order valence-electron chi connectivity index (χ0n) is 27.1. The maximum absolute atomic E-state index is 12.1. The molecule has 0 aliphatic rings. The van der Waals surface area contributed by atoms with Crippen molar-refractivity contribution in [1.29, 1.82) is 0 Å². The van der Waals surface area contributed by atoms with Gasteiger partial charge < -0.3 is 20.1 Å². The van der Waals surface area contributed by atoms with Gasteiger partial charge in [0, 0.05) is 49.9 Å². The van der Waals surface area contributed by atoms with Crippen LogP contribution in [-0.2, 0) is 28.8 Å². The summed E-state index contributed by atoms with van der Waals surface area (Å²) < 4.78 is 10.7. The van der Waals surface area contributed by atoms with Crippen LogP contribution in [0.4, 0.5) is 11.4 Å². The number of hydrogen-bond acceptors (Lipinski definition) is 8. The molecule has 0 saturated carbocycles. The van der Waals surface area contributed by atoms with Gasteiger partial charge in [0.1, 0.15) is 11.5 Å². The first kappa shape index (κ1) is 38.0. The molecule has 6 amide bonds. The molecule has 0 aromatic heterocycles. The molecule has 0 saturated heterocycles. The molecule has 2 aromatic carbocycles. The van der Waals surface area contributed by atoms with Crippen LogP contribution in [0.25, 0.3) is 0 Å². The molecule has 2 aromatic rings. The van der Waals surface area contributed by atoms with E-state index in [1.54, 1.807) is 48.5 Å². The van der Waals surface area contributed by atoms with Gasteiger partial charge >= 0.3 is 0 Å². The van der Waals surface area contributed by atoms with Gasteiger partial charge in [0.25, 0.3) is 0 Å². The molecule has 47 heavy (non-hydrogen) atoms. The number of anilines is 2. The summed E-state index contributed by atoms with van der Waals surface area (Å²) in [6.45, 7) is 4.85. The van der Waals surface area contributed by atoms with Gasteiger partial charge in [-0.25, -0.2) is 0 Å². The minimum Gasteiger partial charge on any atom is -0.494 e. The van der Waals surface area contributed by atoms with Crippen LogP contribution >= 0.6 is 0 Å². The van der Waals surface area contributed by atoms with Gasteiger partial charge in [-0.2, -0.15) is 0 Å². The molecular formula is C33H46N6O8. The summed E-state index contributed by atoms with van der Waals surface area (Å²) in [7, 11) is 0. The van der Waals surface area contributed by atoms with Crippen molar-refractivity contribution < 1.29 is 38.2 Å². The lowest BCUT2D eigenvalue weighted by atomic mass is 10.1. The lowest BCUT2D eigenvalue weighted by Gasteiger charge is -2.09. The van der Waals surface area contributed by atoms with Crippen molar-refractivity contribution in [2.75, 3.05) is 23.8 Å². The third-order valence-corrected chi connectivity index (χ3v) is 6.55. The van der Waals surface area contributed by atoms with Crippen LogP contribution in [0.5, 0.6) is 11.5 Å². The number of amides is 6. The number of hydrazine groups is 2. The van der Waals surface area contributed by atoms with Crippen molar-refractivity contribution >= 4 is 46.8 Å². The Morgan fingerprint density at radius 3 is 1.06 bits per heavy atom. The molecule has 0 fully saturated rings. The third-order valence-electron chi connectivity index (χ3n) is 6.55. The van der Waals surface area contributed by atoms with E-state index in [0.717, 1.165) is 19.3 Å². The topological polar surface area (TPSA) is 193 Å². The van der Waals surface area contributed by atoms with E-state index >= 15 is 0 Å². The van der Waals surface area contributed by atoms with Gasteiger partial charge in [0.05, 0.1) is 13.2 Å². The minimum absolute atomic E-state index is 0.0376. The van der Waals surface area contributed by atoms with E-state index in [1.165, 1.54) is 0 Å². The molecule has 0 aliphatic carbocycles. The second-order valence-electron chi connectivity index (χ2n) is 10.5. The zero-order chi connectivity index (χ0) is 34.3. The zero-order valence-corrected chi connectivity index (χ0v) is 27.1. The van der Waals surface area contributed by atoms with Gasteiger partial charge in [0.15, 0.2) is 0 Å². The first-order valence-electron chi connectivity index (χ1n) is 15.9. The van der Waals surface area contributed by atoms with Gasteiger partial charge in [-0.1, -0.05) is 19.3 Å². The number of nitrogens with one attached hydrogen (secondary N) is 6. The summed E-state index contributed by atoms with van der Waals surface area (Å²) in [5.74, 6) is -0.860. The molecule has 256 valence electrons. The Morgan fingerprint density at radius 1 is 0.426 bits per heavy atom. The van der Waals surface area contributed by atoms with E-state index in [-0.39, 0.29) is 62.2 Å². The van der Waals surface area contributed by atoms with E-state index in [1.807, 2.05) is 13.8 Å². The highest BCUT2D eigenvalue weighted by Crippen LogP contribution is 2.17. The number of benzene rings is 2. The molecule has 6 N–H and O–H groups in total. The van der Waals surface area contributed by atoms with Crippen LogP contribution in [0.2, 0.25) is 0 Å². The number of ether oxygens (including phenoxy) is 2. The standard InChI is InChI=1S/C33H46N6O8/c1-3-46-26-16-12-24(13-17-26)34-28(40)20-22-32(44)38-36-30(42)10-8-6-5-7-9-11-31(43)37-39-33(45)23-21-29(41)35-25-14-18-27(19-15-25)47-4-2/h12-19H,3-11,20-23H2,1-2H3,(H,34,40)(H,35,41)(H,36,42)(H,37,43)(H,38,44)(H,39,45). The molecule has 0 radical (unpaired) electrons. The molecular weight excluding hydrogens is 608 g/mol. The van der Waals surface area contributed by atoms with Crippen LogP contribution in [0.3, 0.4) is 0 Å². The maximum Gasteiger partial charge on any atom is 0.238 e. The highest BCUT2D eigenvalue weighted by Gasteiger charge is 2.11. The molecule has 0 unspecified atom stereocenters.